The number of aromatic nitrogens is 3. The summed E-state index contributed by atoms with van der Waals surface area (Å²) < 4.78 is 5.68. The molecule has 1 N–H and O–H groups in total. The van der Waals surface area contributed by atoms with Crippen molar-refractivity contribution in [3.05, 3.63) is 24.5 Å². The molecule has 0 amide bonds. The Hall–Kier alpha value is -1.75. The van der Waals surface area contributed by atoms with Crippen LogP contribution in [0, 0.1) is 5.92 Å². The van der Waals surface area contributed by atoms with Crippen LogP contribution in [0.4, 0.5) is 0 Å². The van der Waals surface area contributed by atoms with Crippen molar-refractivity contribution < 1.29 is 4.74 Å². The second-order valence-electron chi connectivity index (χ2n) is 4.22. The van der Waals surface area contributed by atoms with E-state index in [4.69, 9.17) is 4.74 Å². The van der Waals surface area contributed by atoms with Gasteiger partial charge in [0.05, 0.1) is 6.61 Å². The second-order valence-corrected chi connectivity index (χ2v) is 4.22. The SMILES string of the molecule is c1cnc2nc(OCC3CCNC3)ccc2n1. The van der Waals surface area contributed by atoms with Crippen LogP contribution in [-0.2, 0) is 0 Å². The lowest BCUT2D eigenvalue weighted by Gasteiger charge is -2.09. The number of nitrogens with one attached hydrogen (secondary N) is 1. The summed E-state index contributed by atoms with van der Waals surface area (Å²) in [5.74, 6) is 1.22. The molecule has 2 aromatic heterocycles. The fraction of sp³-hybridized carbons (Fsp3) is 0.417. The van der Waals surface area contributed by atoms with Gasteiger partial charge in [-0.15, -0.1) is 0 Å². The largest absolute Gasteiger partial charge is 0.477 e. The molecule has 1 saturated heterocycles. The standard InChI is InChI=1S/C12H14N4O/c1-2-11(17-8-9-3-4-13-7-9)16-12-10(1)14-5-6-15-12/h1-2,5-6,9,13H,3-4,7-8H2. The molecule has 2 aromatic rings. The number of nitrogens with zero attached hydrogens (tertiary/aromatic N) is 3. The number of fused-ring (bicyclic) bond motifs is 1. The Morgan fingerprint density at radius 2 is 2.24 bits per heavy atom. The first-order valence-electron chi connectivity index (χ1n) is 5.83. The summed E-state index contributed by atoms with van der Waals surface area (Å²) in [5.41, 5.74) is 1.43. The minimum Gasteiger partial charge on any atom is -0.477 e. The van der Waals surface area contributed by atoms with Gasteiger partial charge >= 0.3 is 0 Å². The number of hydrogen-bond donors (Lipinski definition) is 1. The van der Waals surface area contributed by atoms with E-state index in [0.717, 1.165) is 18.6 Å². The summed E-state index contributed by atoms with van der Waals surface area (Å²) in [7, 11) is 0. The molecule has 0 spiro atoms. The molecule has 5 nitrogen and oxygen atoms in total. The molecule has 17 heavy (non-hydrogen) atoms. The van der Waals surface area contributed by atoms with Crippen LogP contribution in [0.25, 0.3) is 11.2 Å². The maximum Gasteiger partial charge on any atom is 0.215 e. The van der Waals surface area contributed by atoms with Crippen molar-refractivity contribution in [1.29, 1.82) is 0 Å². The van der Waals surface area contributed by atoms with E-state index in [2.05, 4.69) is 20.3 Å². The first-order chi connectivity index (χ1) is 8.42. The molecule has 0 bridgehead atoms. The third-order valence-electron chi connectivity index (χ3n) is 2.94. The molecule has 1 atom stereocenters. The molecule has 1 fully saturated rings. The van der Waals surface area contributed by atoms with E-state index in [9.17, 15) is 0 Å². The molecule has 1 aliphatic heterocycles. The van der Waals surface area contributed by atoms with E-state index >= 15 is 0 Å². The molecule has 1 unspecified atom stereocenters. The monoisotopic (exact) mass is 230 g/mol. The molecular formula is C12H14N4O. The average molecular weight is 230 g/mol. The van der Waals surface area contributed by atoms with E-state index in [1.54, 1.807) is 12.4 Å². The van der Waals surface area contributed by atoms with E-state index in [0.29, 0.717) is 24.1 Å². The second kappa shape index (κ2) is 4.63. The summed E-state index contributed by atoms with van der Waals surface area (Å²) in [4.78, 5) is 12.6. The van der Waals surface area contributed by atoms with Crippen molar-refractivity contribution >= 4 is 11.2 Å². The molecule has 0 aromatic carbocycles. The van der Waals surface area contributed by atoms with Gasteiger partial charge in [0, 0.05) is 30.9 Å². The fourth-order valence-corrected chi connectivity index (χ4v) is 1.98. The van der Waals surface area contributed by atoms with Gasteiger partial charge in [-0.3, -0.25) is 4.98 Å². The zero-order valence-electron chi connectivity index (χ0n) is 9.47. The van der Waals surface area contributed by atoms with Gasteiger partial charge in [0.15, 0.2) is 5.65 Å². The molecule has 3 heterocycles. The van der Waals surface area contributed by atoms with Crippen molar-refractivity contribution in [3.8, 4) is 5.88 Å². The molecule has 3 rings (SSSR count). The Morgan fingerprint density at radius 1 is 1.29 bits per heavy atom. The molecule has 88 valence electrons. The van der Waals surface area contributed by atoms with Crippen LogP contribution in [0.1, 0.15) is 6.42 Å². The van der Waals surface area contributed by atoms with Crippen molar-refractivity contribution in [2.45, 2.75) is 6.42 Å². The van der Waals surface area contributed by atoms with Crippen LogP contribution >= 0.6 is 0 Å². The van der Waals surface area contributed by atoms with Crippen LogP contribution < -0.4 is 10.1 Å². The van der Waals surface area contributed by atoms with Crippen molar-refractivity contribution in [2.24, 2.45) is 5.92 Å². The van der Waals surface area contributed by atoms with E-state index < -0.39 is 0 Å². The van der Waals surface area contributed by atoms with Gasteiger partial charge in [-0.1, -0.05) is 0 Å². The fourth-order valence-electron chi connectivity index (χ4n) is 1.98. The maximum atomic E-state index is 5.68. The Bertz CT molecular complexity index is 511. The van der Waals surface area contributed by atoms with E-state index in [-0.39, 0.29) is 0 Å². The van der Waals surface area contributed by atoms with Crippen LogP contribution in [0.3, 0.4) is 0 Å². The van der Waals surface area contributed by atoms with E-state index in [1.165, 1.54) is 6.42 Å². The third kappa shape index (κ3) is 2.34. The lowest BCUT2D eigenvalue weighted by molar-refractivity contribution is 0.252. The Kier molecular flexibility index (Phi) is 2.83. The topological polar surface area (TPSA) is 59.9 Å². The zero-order valence-corrected chi connectivity index (χ0v) is 9.47. The van der Waals surface area contributed by atoms with Gasteiger partial charge in [-0.25, -0.2) is 4.98 Å². The summed E-state index contributed by atoms with van der Waals surface area (Å²) in [6.07, 6.45) is 4.47. The van der Waals surface area contributed by atoms with Gasteiger partial charge in [0.1, 0.15) is 5.52 Å². The molecule has 0 aliphatic carbocycles. The van der Waals surface area contributed by atoms with Crippen LogP contribution in [0.5, 0.6) is 5.88 Å². The normalized spacial score (nSPS) is 19.6. The number of pyridine rings is 1. The van der Waals surface area contributed by atoms with Gasteiger partial charge in [-0.05, 0) is 19.0 Å². The Morgan fingerprint density at radius 3 is 3.12 bits per heavy atom. The van der Waals surface area contributed by atoms with Crippen LogP contribution in [0.15, 0.2) is 24.5 Å². The molecule has 1 aliphatic rings. The molecule has 0 radical (unpaired) electrons. The predicted molar refractivity (Wildman–Crippen MR) is 63.8 cm³/mol. The number of rotatable bonds is 3. The number of hydrogen-bond acceptors (Lipinski definition) is 5. The van der Waals surface area contributed by atoms with E-state index in [1.807, 2.05) is 12.1 Å². The van der Waals surface area contributed by atoms with Gasteiger partial charge < -0.3 is 10.1 Å². The minimum atomic E-state index is 0.592. The van der Waals surface area contributed by atoms with Gasteiger partial charge in [0.25, 0.3) is 0 Å². The van der Waals surface area contributed by atoms with Gasteiger partial charge in [0.2, 0.25) is 5.88 Å². The highest BCUT2D eigenvalue weighted by molar-refractivity contribution is 5.69. The maximum absolute atomic E-state index is 5.68. The average Bonchev–Trinajstić information content (AvgIpc) is 2.89. The summed E-state index contributed by atoms with van der Waals surface area (Å²) in [6.45, 7) is 2.84. The molecule has 5 heteroatoms. The predicted octanol–water partition coefficient (Wildman–Crippen LogP) is 1.01. The Balaban J connectivity index is 1.72. The quantitative estimate of drug-likeness (QED) is 0.852. The number of ether oxygens (including phenoxy) is 1. The molecular weight excluding hydrogens is 216 g/mol. The lowest BCUT2D eigenvalue weighted by atomic mass is 10.1. The summed E-state index contributed by atoms with van der Waals surface area (Å²) in [6, 6.07) is 3.73. The van der Waals surface area contributed by atoms with Gasteiger partial charge in [-0.2, -0.15) is 4.98 Å². The first-order valence-corrected chi connectivity index (χ1v) is 5.83. The van der Waals surface area contributed by atoms with Crippen LogP contribution in [-0.4, -0.2) is 34.6 Å². The van der Waals surface area contributed by atoms with Crippen molar-refractivity contribution in [3.63, 3.8) is 0 Å². The zero-order chi connectivity index (χ0) is 11.5. The summed E-state index contributed by atoms with van der Waals surface area (Å²) >= 11 is 0. The Labute approximate surface area is 99.3 Å². The van der Waals surface area contributed by atoms with Crippen LogP contribution in [0.2, 0.25) is 0 Å². The highest BCUT2D eigenvalue weighted by Crippen LogP contribution is 2.14. The van der Waals surface area contributed by atoms with Crippen molar-refractivity contribution in [2.75, 3.05) is 19.7 Å². The first kappa shape index (κ1) is 10.4. The third-order valence-corrected chi connectivity index (χ3v) is 2.94. The highest BCUT2D eigenvalue weighted by atomic mass is 16.5. The highest BCUT2D eigenvalue weighted by Gasteiger charge is 2.15. The minimum absolute atomic E-state index is 0.592. The molecule has 0 saturated carbocycles. The van der Waals surface area contributed by atoms with Crippen molar-refractivity contribution in [1.82, 2.24) is 20.3 Å². The smallest absolute Gasteiger partial charge is 0.215 e. The lowest BCUT2D eigenvalue weighted by Crippen LogP contribution is -2.15. The summed E-state index contributed by atoms with van der Waals surface area (Å²) in [5, 5.41) is 3.32.